The van der Waals surface area contributed by atoms with Crippen molar-refractivity contribution in [1.82, 2.24) is 29.4 Å². The molecule has 9 rings (SSSR count). The second kappa shape index (κ2) is 21.6. The molecule has 394 valence electrons. The molecule has 3 aromatic carbocycles. The fourth-order valence-electron chi connectivity index (χ4n) is 10.3. The van der Waals surface area contributed by atoms with Crippen molar-refractivity contribution in [2.45, 2.75) is 106 Å². The van der Waals surface area contributed by atoms with Crippen LogP contribution < -0.4 is 31.5 Å². The Bertz CT molecular complexity index is 3290. The molecule has 2 unspecified atom stereocenters. The van der Waals surface area contributed by atoms with E-state index in [0.717, 1.165) is 24.0 Å². The minimum absolute atomic E-state index is 0.0256. The summed E-state index contributed by atoms with van der Waals surface area (Å²) >= 11 is 0. The lowest BCUT2D eigenvalue weighted by Crippen LogP contribution is -2.46. The maximum absolute atomic E-state index is 13.9. The van der Waals surface area contributed by atoms with Gasteiger partial charge in [0, 0.05) is 87.0 Å². The molecule has 23 heteroatoms. The van der Waals surface area contributed by atoms with Gasteiger partial charge in [0.25, 0.3) is 15.9 Å². The zero-order valence-electron chi connectivity index (χ0n) is 41.7. The number of rotatable bonds is 21. The molecule has 0 spiro atoms. The molecule has 0 radical (unpaired) electrons. The van der Waals surface area contributed by atoms with Crippen molar-refractivity contribution in [3.63, 3.8) is 0 Å². The number of nitrogens with zero attached hydrogens (tertiary/aromatic N) is 8. The number of benzene rings is 3. The van der Waals surface area contributed by atoms with Gasteiger partial charge in [0.15, 0.2) is 11.6 Å². The third kappa shape index (κ3) is 12.0. The number of nitrogens with two attached hydrogens (primary N) is 2. The van der Waals surface area contributed by atoms with Gasteiger partial charge in [0.1, 0.15) is 5.56 Å². The number of carbonyl (C=O) groups excluding carboxylic acids is 3. The highest BCUT2D eigenvalue weighted by Gasteiger charge is 2.45. The number of nitriles is 2. The third-order valence-electron chi connectivity index (χ3n) is 15.1. The highest BCUT2D eigenvalue weighted by molar-refractivity contribution is 7.93. The molecule has 2 aliphatic carbocycles. The maximum atomic E-state index is 13.9. The molecule has 4 heterocycles. The van der Waals surface area contributed by atoms with Gasteiger partial charge in [-0.2, -0.15) is 20.7 Å². The summed E-state index contributed by atoms with van der Waals surface area (Å²) in [5, 5.41) is 34.9. The predicted octanol–water partition coefficient (Wildman–Crippen LogP) is 5.10. The normalized spacial score (nSPS) is 19.5. The molecular weight excluding hydrogens is 997 g/mol. The van der Waals surface area contributed by atoms with Gasteiger partial charge < -0.3 is 22.1 Å². The largest absolute Gasteiger partial charge is 0.365 e. The Balaban J connectivity index is 0.795. The SMILES string of the molecule is CCS(=O)(=O)Nc1cccc(CN2CCC(CC#N)(n3cc(CN)c(NC(=O)C4CC4c4cccc(S(=O)(=O)Nc5cccc(CN6CCC(CC#N)(n7cc(C(N)=O)c(NC(=O)C8CC8)n7)CC6)c5)c4)n3)CC2)c1. The van der Waals surface area contributed by atoms with E-state index >= 15 is 0 Å². The highest BCUT2D eigenvalue weighted by atomic mass is 32.2. The van der Waals surface area contributed by atoms with Crippen molar-refractivity contribution in [3.05, 3.63) is 113 Å². The van der Waals surface area contributed by atoms with Crippen molar-refractivity contribution < 1.29 is 31.2 Å². The molecule has 75 heavy (non-hydrogen) atoms. The van der Waals surface area contributed by atoms with Crippen LogP contribution in [0.5, 0.6) is 0 Å². The molecule has 21 nitrogen and oxygen atoms in total. The van der Waals surface area contributed by atoms with Gasteiger partial charge in [-0.1, -0.05) is 36.4 Å². The Morgan fingerprint density at radius 1 is 0.733 bits per heavy atom. The lowest BCUT2D eigenvalue weighted by atomic mass is 9.84. The van der Waals surface area contributed by atoms with Crippen LogP contribution in [0.15, 0.2) is 90.1 Å². The summed E-state index contributed by atoms with van der Waals surface area (Å²) in [5.74, 6) is -1.55. The van der Waals surface area contributed by atoms with Gasteiger partial charge in [-0.05, 0) is 111 Å². The van der Waals surface area contributed by atoms with Gasteiger partial charge >= 0.3 is 0 Å². The van der Waals surface area contributed by atoms with E-state index in [-0.39, 0.29) is 65.1 Å². The Kier molecular flexibility index (Phi) is 15.2. The van der Waals surface area contributed by atoms with Gasteiger partial charge in [-0.3, -0.25) is 43.0 Å². The summed E-state index contributed by atoms with van der Waals surface area (Å²) in [6.45, 7) is 5.26. The second-order valence-electron chi connectivity index (χ2n) is 20.3. The average Bonchev–Trinajstić information content (AvgIpc) is 4.32. The Morgan fingerprint density at radius 3 is 1.83 bits per heavy atom. The fourth-order valence-corrected chi connectivity index (χ4v) is 12.0. The first-order valence-corrected chi connectivity index (χ1v) is 28.4. The number of aromatic nitrogens is 4. The van der Waals surface area contributed by atoms with Crippen molar-refractivity contribution >= 4 is 60.8 Å². The lowest BCUT2D eigenvalue weighted by Gasteiger charge is -2.40. The Morgan fingerprint density at radius 2 is 1.28 bits per heavy atom. The Labute approximate surface area is 436 Å². The third-order valence-corrected chi connectivity index (χ3v) is 17.8. The van der Waals surface area contributed by atoms with E-state index in [2.05, 4.69) is 47.1 Å². The van der Waals surface area contributed by atoms with Crippen LogP contribution >= 0.6 is 0 Å². The zero-order valence-corrected chi connectivity index (χ0v) is 43.4. The maximum Gasteiger partial charge on any atom is 0.261 e. The number of sulfonamides is 2. The van der Waals surface area contributed by atoms with E-state index in [1.807, 2.05) is 36.5 Å². The average molecular weight is 1060 g/mol. The molecule has 8 N–H and O–H groups in total. The van der Waals surface area contributed by atoms with Crippen molar-refractivity contribution in [2.24, 2.45) is 23.3 Å². The molecule has 5 aromatic rings. The van der Waals surface area contributed by atoms with Crippen molar-refractivity contribution in [1.29, 1.82) is 10.5 Å². The summed E-state index contributed by atoms with van der Waals surface area (Å²) < 4.78 is 60.8. The van der Waals surface area contributed by atoms with Crippen LogP contribution in [0.4, 0.5) is 23.0 Å². The van der Waals surface area contributed by atoms with Crippen LogP contribution in [0.3, 0.4) is 0 Å². The molecule has 2 saturated heterocycles. The number of piperidine rings is 2. The Hall–Kier alpha value is -7.15. The molecule has 0 bridgehead atoms. The van der Waals surface area contributed by atoms with E-state index in [4.69, 9.17) is 16.6 Å². The number of hydrogen-bond donors (Lipinski definition) is 6. The van der Waals surface area contributed by atoms with Crippen LogP contribution in [0.2, 0.25) is 0 Å². The quantitative estimate of drug-likeness (QED) is 0.0557. The van der Waals surface area contributed by atoms with Gasteiger partial charge in [0.05, 0.1) is 46.7 Å². The molecule has 2 aromatic heterocycles. The number of anilines is 4. The smallest absolute Gasteiger partial charge is 0.261 e. The van der Waals surface area contributed by atoms with E-state index < -0.39 is 42.9 Å². The van der Waals surface area contributed by atoms with Crippen LogP contribution in [0.1, 0.15) is 103 Å². The van der Waals surface area contributed by atoms with E-state index in [1.165, 1.54) is 12.3 Å². The van der Waals surface area contributed by atoms with Crippen LogP contribution in [-0.2, 0) is 60.3 Å². The molecule has 2 saturated carbocycles. The first-order chi connectivity index (χ1) is 35.9. The summed E-state index contributed by atoms with van der Waals surface area (Å²) in [7, 11) is -7.46. The summed E-state index contributed by atoms with van der Waals surface area (Å²) in [6, 6.07) is 25.7. The van der Waals surface area contributed by atoms with Crippen molar-refractivity contribution in [3.8, 4) is 12.1 Å². The van der Waals surface area contributed by atoms with E-state index in [9.17, 15) is 41.7 Å². The molecule has 3 amide bonds. The molecule has 4 fully saturated rings. The number of nitrogens with one attached hydrogen (secondary N) is 4. The summed E-state index contributed by atoms with van der Waals surface area (Å²) in [5.41, 5.74) is 14.6. The molecule has 4 aliphatic rings. The van der Waals surface area contributed by atoms with Crippen LogP contribution in [0.25, 0.3) is 0 Å². The van der Waals surface area contributed by atoms with Gasteiger partial charge in [0.2, 0.25) is 21.8 Å². The zero-order chi connectivity index (χ0) is 53.1. The first kappa shape index (κ1) is 52.7. The van der Waals surface area contributed by atoms with Gasteiger partial charge in [-0.15, -0.1) is 0 Å². The molecule has 2 aliphatic heterocycles. The minimum atomic E-state index is -4.04. The van der Waals surface area contributed by atoms with Crippen molar-refractivity contribution in [2.75, 3.05) is 52.0 Å². The fraction of sp³-hybridized carbons (Fsp3) is 0.442. The summed E-state index contributed by atoms with van der Waals surface area (Å²) in [6.07, 6.45) is 8.02. The first-order valence-electron chi connectivity index (χ1n) is 25.3. The topological polar surface area (TPSA) is 309 Å². The minimum Gasteiger partial charge on any atom is -0.365 e. The molecular formula is C52H62N14O7S2. The second-order valence-corrected chi connectivity index (χ2v) is 24.0. The number of primary amides is 1. The van der Waals surface area contributed by atoms with Crippen LogP contribution in [-0.4, -0.2) is 95.8 Å². The highest BCUT2D eigenvalue weighted by Crippen LogP contribution is 2.49. The number of carbonyl (C=O) groups is 3. The van der Waals surface area contributed by atoms with Crippen LogP contribution in [0, 0.1) is 34.5 Å². The van der Waals surface area contributed by atoms with E-state index in [1.54, 1.807) is 52.7 Å². The lowest BCUT2D eigenvalue weighted by molar-refractivity contribution is -0.118. The predicted molar refractivity (Wildman–Crippen MR) is 280 cm³/mol. The number of hydrogen-bond acceptors (Lipinski definition) is 14. The number of amides is 3. The summed E-state index contributed by atoms with van der Waals surface area (Å²) in [4.78, 5) is 43.2. The van der Waals surface area contributed by atoms with Gasteiger partial charge in [-0.25, -0.2) is 16.8 Å². The number of likely N-dealkylation sites (tertiary alicyclic amines) is 2. The monoisotopic (exact) mass is 1060 g/mol. The standard InChI is InChI=1S/C52H62N14O7S2/c1-2-74(70,71)61-40-9-3-6-35(26-40)31-63-22-16-51(14-20-53,17-23-63)65-33-39(30-55)47(59-65)57-50(69)44-29-43(44)38-8-5-11-42(28-38)75(72,73)62-41-10-4-7-36(27-41)32-64-24-18-52(15-21-54,19-25-64)66-34-45(46(56)67)48(60-66)58-49(68)37-12-13-37/h3-11,26-28,33-34,37,43-44,61-62H,2,12-19,22-25,29-32,55H2,1H3,(H2,56,67)(H,57,59,69)(H,58,60,68). The van der Waals surface area contributed by atoms with E-state index in [0.29, 0.717) is 99.7 Å². The molecule has 2 atom stereocenters.